The van der Waals surface area contributed by atoms with Gasteiger partial charge in [-0.1, -0.05) is 17.7 Å². The van der Waals surface area contributed by atoms with E-state index in [4.69, 9.17) is 9.47 Å². The van der Waals surface area contributed by atoms with E-state index < -0.39 is 11.8 Å². The molecule has 3 aromatic rings. The molecule has 1 heterocycles. The summed E-state index contributed by atoms with van der Waals surface area (Å²) in [4.78, 5) is 17.0. The molecule has 0 radical (unpaired) electrons. The summed E-state index contributed by atoms with van der Waals surface area (Å²) in [5.41, 5.74) is 3.52. The molecule has 0 fully saturated rings. The van der Waals surface area contributed by atoms with Crippen molar-refractivity contribution < 1.29 is 18.7 Å². The average molecular weight is 339 g/mol. The standard InChI is InChI=1S/C20H18FNO3/c1-12-4-6-18-15(8-12)16(9-13(2)22-18)20(23)25-11-14-5-7-19(24-3)17(21)10-14/h4-10H,11H2,1-3H3. The molecule has 0 aliphatic carbocycles. The second-order valence-electron chi connectivity index (χ2n) is 5.88. The van der Waals surface area contributed by atoms with Gasteiger partial charge in [-0.25, -0.2) is 9.18 Å². The maximum absolute atomic E-state index is 13.7. The Morgan fingerprint density at radius 2 is 1.92 bits per heavy atom. The number of methoxy groups -OCH3 is 1. The van der Waals surface area contributed by atoms with Crippen molar-refractivity contribution in [3.05, 3.63) is 70.7 Å². The van der Waals surface area contributed by atoms with Gasteiger partial charge in [0, 0.05) is 11.1 Å². The molecule has 4 nitrogen and oxygen atoms in total. The molecule has 0 saturated carbocycles. The molecular weight excluding hydrogens is 321 g/mol. The van der Waals surface area contributed by atoms with Crippen LogP contribution in [-0.4, -0.2) is 18.1 Å². The first-order valence-corrected chi connectivity index (χ1v) is 7.85. The maximum atomic E-state index is 13.7. The van der Waals surface area contributed by atoms with E-state index in [2.05, 4.69) is 4.98 Å². The van der Waals surface area contributed by atoms with Crippen molar-refractivity contribution in [1.82, 2.24) is 4.98 Å². The van der Waals surface area contributed by atoms with Crippen molar-refractivity contribution in [2.45, 2.75) is 20.5 Å². The van der Waals surface area contributed by atoms with Crippen LogP contribution in [0.4, 0.5) is 4.39 Å². The molecule has 2 aromatic carbocycles. The highest BCUT2D eigenvalue weighted by atomic mass is 19.1. The van der Waals surface area contributed by atoms with Crippen LogP contribution in [0.3, 0.4) is 0 Å². The van der Waals surface area contributed by atoms with E-state index in [1.165, 1.54) is 19.2 Å². The number of hydrogen-bond acceptors (Lipinski definition) is 4. The Morgan fingerprint density at radius 3 is 2.64 bits per heavy atom. The normalized spacial score (nSPS) is 10.7. The van der Waals surface area contributed by atoms with Crippen LogP contribution in [0.2, 0.25) is 0 Å². The van der Waals surface area contributed by atoms with Gasteiger partial charge < -0.3 is 9.47 Å². The van der Waals surface area contributed by atoms with E-state index >= 15 is 0 Å². The minimum Gasteiger partial charge on any atom is -0.494 e. The predicted molar refractivity (Wildman–Crippen MR) is 93.3 cm³/mol. The van der Waals surface area contributed by atoms with Crippen molar-refractivity contribution in [2.24, 2.45) is 0 Å². The zero-order chi connectivity index (χ0) is 18.0. The Hall–Kier alpha value is -2.95. The fourth-order valence-corrected chi connectivity index (χ4v) is 2.67. The molecule has 0 saturated heterocycles. The number of pyridine rings is 1. The van der Waals surface area contributed by atoms with E-state index in [1.54, 1.807) is 12.1 Å². The van der Waals surface area contributed by atoms with E-state index in [-0.39, 0.29) is 12.4 Å². The molecule has 0 spiro atoms. The third-order valence-electron chi connectivity index (χ3n) is 3.90. The molecule has 0 bridgehead atoms. The summed E-state index contributed by atoms with van der Waals surface area (Å²) in [5, 5.41) is 0.747. The molecule has 0 atom stereocenters. The third kappa shape index (κ3) is 3.60. The van der Waals surface area contributed by atoms with Crippen LogP contribution in [0.1, 0.15) is 27.2 Å². The first-order valence-electron chi connectivity index (χ1n) is 7.85. The summed E-state index contributed by atoms with van der Waals surface area (Å²) < 4.78 is 24.0. The van der Waals surface area contributed by atoms with Gasteiger partial charge in [0.15, 0.2) is 11.6 Å². The number of rotatable bonds is 4. The van der Waals surface area contributed by atoms with Crippen LogP contribution >= 0.6 is 0 Å². The number of halogens is 1. The second-order valence-corrected chi connectivity index (χ2v) is 5.88. The number of benzene rings is 2. The van der Waals surface area contributed by atoms with Gasteiger partial charge in [0.2, 0.25) is 0 Å². The van der Waals surface area contributed by atoms with Crippen molar-refractivity contribution in [3.63, 3.8) is 0 Å². The molecule has 0 aliphatic heterocycles. The van der Waals surface area contributed by atoms with Gasteiger partial charge in [0.25, 0.3) is 0 Å². The van der Waals surface area contributed by atoms with Crippen LogP contribution in [0, 0.1) is 19.7 Å². The summed E-state index contributed by atoms with van der Waals surface area (Å²) in [6.45, 7) is 3.76. The molecule has 0 amide bonds. The van der Waals surface area contributed by atoms with Crippen LogP contribution < -0.4 is 4.74 Å². The van der Waals surface area contributed by atoms with Crippen molar-refractivity contribution in [3.8, 4) is 5.75 Å². The lowest BCUT2D eigenvalue weighted by Gasteiger charge is -2.10. The number of carbonyl (C=O) groups excluding carboxylic acids is 1. The molecule has 25 heavy (non-hydrogen) atoms. The summed E-state index contributed by atoms with van der Waals surface area (Å²) in [6, 6.07) is 11.9. The Kier molecular flexibility index (Phi) is 4.65. The molecule has 5 heteroatoms. The molecule has 1 aromatic heterocycles. The smallest absolute Gasteiger partial charge is 0.339 e. The van der Waals surface area contributed by atoms with E-state index in [9.17, 15) is 9.18 Å². The number of ether oxygens (including phenoxy) is 2. The van der Waals surface area contributed by atoms with Gasteiger partial charge in [-0.15, -0.1) is 0 Å². The Morgan fingerprint density at radius 1 is 1.12 bits per heavy atom. The minimum atomic E-state index is -0.489. The number of aromatic nitrogens is 1. The SMILES string of the molecule is COc1ccc(COC(=O)c2cc(C)nc3ccc(C)cc23)cc1F. The van der Waals surface area contributed by atoms with Gasteiger partial charge in [-0.3, -0.25) is 4.98 Å². The first kappa shape index (κ1) is 16.9. The lowest BCUT2D eigenvalue weighted by atomic mass is 10.1. The highest BCUT2D eigenvalue weighted by Crippen LogP contribution is 2.22. The molecular formula is C20H18FNO3. The number of carbonyl (C=O) groups is 1. The van der Waals surface area contributed by atoms with Crippen LogP contribution in [-0.2, 0) is 11.3 Å². The molecule has 0 aliphatic rings. The van der Waals surface area contributed by atoms with Gasteiger partial charge in [0.1, 0.15) is 6.61 Å². The van der Waals surface area contributed by atoms with E-state index in [0.29, 0.717) is 11.1 Å². The maximum Gasteiger partial charge on any atom is 0.339 e. The molecule has 0 unspecified atom stereocenters. The first-order chi connectivity index (χ1) is 12.0. The van der Waals surface area contributed by atoms with Gasteiger partial charge in [-0.2, -0.15) is 0 Å². The van der Waals surface area contributed by atoms with Crippen LogP contribution in [0.5, 0.6) is 5.75 Å². The Balaban J connectivity index is 1.85. The molecule has 3 rings (SSSR count). The second kappa shape index (κ2) is 6.89. The summed E-state index contributed by atoms with van der Waals surface area (Å²) in [5.74, 6) is -0.796. The highest BCUT2D eigenvalue weighted by molar-refractivity contribution is 6.03. The van der Waals surface area contributed by atoms with Crippen molar-refractivity contribution >= 4 is 16.9 Å². The lowest BCUT2D eigenvalue weighted by molar-refractivity contribution is 0.0474. The number of fused-ring (bicyclic) bond motifs is 1. The van der Waals surface area contributed by atoms with Gasteiger partial charge >= 0.3 is 5.97 Å². The quantitative estimate of drug-likeness (QED) is 0.663. The highest BCUT2D eigenvalue weighted by Gasteiger charge is 2.14. The van der Waals surface area contributed by atoms with Gasteiger partial charge in [0.05, 0.1) is 18.2 Å². The fourth-order valence-electron chi connectivity index (χ4n) is 2.67. The van der Waals surface area contributed by atoms with Gasteiger partial charge in [-0.05, 0) is 49.7 Å². The topological polar surface area (TPSA) is 48.4 Å². The average Bonchev–Trinajstić information content (AvgIpc) is 2.59. The number of aryl methyl sites for hydroxylation is 2. The zero-order valence-electron chi connectivity index (χ0n) is 14.3. The lowest BCUT2D eigenvalue weighted by Crippen LogP contribution is -2.07. The summed E-state index contributed by atoms with van der Waals surface area (Å²) in [6.07, 6.45) is 0. The summed E-state index contributed by atoms with van der Waals surface area (Å²) >= 11 is 0. The monoisotopic (exact) mass is 339 g/mol. The van der Waals surface area contributed by atoms with E-state index in [0.717, 1.165) is 22.2 Å². The molecule has 128 valence electrons. The zero-order valence-corrected chi connectivity index (χ0v) is 14.3. The van der Waals surface area contributed by atoms with E-state index in [1.807, 2.05) is 32.0 Å². The van der Waals surface area contributed by atoms with Crippen molar-refractivity contribution in [2.75, 3.05) is 7.11 Å². The van der Waals surface area contributed by atoms with Crippen LogP contribution in [0.25, 0.3) is 10.9 Å². The van der Waals surface area contributed by atoms with Crippen LogP contribution in [0.15, 0.2) is 42.5 Å². The number of nitrogens with zero attached hydrogens (tertiary/aromatic N) is 1. The number of hydrogen-bond donors (Lipinski definition) is 0. The third-order valence-corrected chi connectivity index (χ3v) is 3.90. The molecule has 0 N–H and O–H groups in total. The largest absolute Gasteiger partial charge is 0.494 e. The Bertz CT molecular complexity index is 953. The minimum absolute atomic E-state index is 0.0194. The summed E-state index contributed by atoms with van der Waals surface area (Å²) in [7, 11) is 1.40. The Labute approximate surface area is 145 Å². The van der Waals surface area contributed by atoms with Crippen molar-refractivity contribution in [1.29, 1.82) is 0 Å². The number of esters is 1. The predicted octanol–water partition coefficient (Wildman–Crippen LogP) is 4.36. The fraction of sp³-hybridized carbons (Fsp3) is 0.200.